The SMILES string of the molecule is CCNC(=NCc1ccc(N2CCC(CO)CC2)cc1)N1CCC(C)CC1. The highest BCUT2D eigenvalue weighted by Crippen LogP contribution is 2.23. The number of nitrogens with zero attached hydrogens (tertiary/aromatic N) is 3. The number of benzene rings is 1. The van der Waals surface area contributed by atoms with Crippen LogP contribution in [0.3, 0.4) is 0 Å². The van der Waals surface area contributed by atoms with Gasteiger partial charge in [0.25, 0.3) is 0 Å². The smallest absolute Gasteiger partial charge is 0.194 e. The molecule has 3 rings (SSSR count). The first-order valence-corrected chi connectivity index (χ1v) is 10.7. The molecule has 5 nitrogen and oxygen atoms in total. The van der Waals surface area contributed by atoms with Gasteiger partial charge in [-0.05, 0) is 62.1 Å². The molecule has 2 saturated heterocycles. The van der Waals surface area contributed by atoms with Gasteiger partial charge < -0.3 is 20.2 Å². The molecule has 0 aromatic heterocycles. The molecule has 2 heterocycles. The Morgan fingerprint density at radius 2 is 1.74 bits per heavy atom. The van der Waals surface area contributed by atoms with Crippen molar-refractivity contribution in [3.8, 4) is 0 Å². The van der Waals surface area contributed by atoms with E-state index in [0.717, 1.165) is 64.0 Å². The molecule has 27 heavy (non-hydrogen) atoms. The van der Waals surface area contributed by atoms with Crippen molar-refractivity contribution in [3.63, 3.8) is 0 Å². The molecule has 2 fully saturated rings. The third-order valence-electron chi connectivity index (χ3n) is 6.00. The van der Waals surface area contributed by atoms with E-state index in [1.54, 1.807) is 0 Å². The topological polar surface area (TPSA) is 51.1 Å². The zero-order chi connectivity index (χ0) is 19.1. The molecule has 2 aliphatic rings. The van der Waals surface area contributed by atoms with Crippen LogP contribution in [0.4, 0.5) is 5.69 Å². The third-order valence-corrected chi connectivity index (χ3v) is 6.00. The van der Waals surface area contributed by atoms with Gasteiger partial charge in [-0.3, -0.25) is 0 Å². The predicted molar refractivity (Wildman–Crippen MR) is 113 cm³/mol. The van der Waals surface area contributed by atoms with Gasteiger partial charge in [-0.2, -0.15) is 0 Å². The van der Waals surface area contributed by atoms with Gasteiger partial charge in [-0.1, -0.05) is 19.1 Å². The van der Waals surface area contributed by atoms with Crippen molar-refractivity contribution in [3.05, 3.63) is 29.8 Å². The number of nitrogens with one attached hydrogen (secondary N) is 1. The molecule has 0 spiro atoms. The van der Waals surface area contributed by atoms with Crippen LogP contribution in [0.1, 0.15) is 45.1 Å². The van der Waals surface area contributed by atoms with E-state index in [1.165, 1.54) is 24.1 Å². The van der Waals surface area contributed by atoms with Crippen molar-refractivity contribution in [2.75, 3.05) is 44.2 Å². The second-order valence-electron chi connectivity index (χ2n) is 8.12. The van der Waals surface area contributed by atoms with Gasteiger partial charge in [0.2, 0.25) is 0 Å². The maximum Gasteiger partial charge on any atom is 0.194 e. The van der Waals surface area contributed by atoms with Crippen LogP contribution in [0, 0.1) is 11.8 Å². The number of hydrogen-bond donors (Lipinski definition) is 2. The molecule has 0 amide bonds. The van der Waals surface area contributed by atoms with Crippen LogP contribution in [0.2, 0.25) is 0 Å². The van der Waals surface area contributed by atoms with Crippen molar-refractivity contribution in [2.45, 2.75) is 46.1 Å². The molecule has 1 aromatic carbocycles. The minimum Gasteiger partial charge on any atom is -0.396 e. The number of aliphatic imine (C=N–C) groups is 1. The average molecular weight is 373 g/mol. The lowest BCUT2D eigenvalue weighted by Crippen LogP contribution is -2.45. The first kappa shape index (κ1) is 20.0. The normalized spacial score (nSPS) is 20.2. The Labute approximate surface area is 164 Å². The van der Waals surface area contributed by atoms with Gasteiger partial charge in [-0.15, -0.1) is 0 Å². The number of likely N-dealkylation sites (tertiary alicyclic amines) is 1. The highest BCUT2D eigenvalue weighted by molar-refractivity contribution is 5.80. The fraction of sp³-hybridized carbons (Fsp3) is 0.682. The average Bonchev–Trinajstić information content (AvgIpc) is 2.72. The Bertz CT molecular complexity index is 585. The Morgan fingerprint density at radius 3 is 2.33 bits per heavy atom. The number of hydrogen-bond acceptors (Lipinski definition) is 3. The van der Waals surface area contributed by atoms with Crippen LogP contribution in [-0.2, 0) is 6.54 Å². The maximum absolute atomic E-state index is 9.29. The van der Waals surface area contributed by atoms with Crippen molar-refractivity contribution in [1.82, 2.24) is 10.2 Å². The molecule has 0 atom stereocenters. The van der Waals surface area contributed by atoms with Crippen LogP contribution >= 0.6 is 0 Å². The Balaban J connectivity index is 1.57. The highest BCUT2D eigenvalue weighted by Gasteiger charge is 2.19. The summed E-state index contributed by atoms with van der Waals surface area (Å²) in [4.78, 5) is 9.72. The van der Waals surface area contributed by atoms with E-state index in [9.17, 15) is 5.11 Å². The molecular weight excluding hydrogens is 336 g/mol. The van der Waals surface area contributed by atoms with E-state index < -0.39 is 0 Å². The second kappa shape index (κ2) is 9.98. The van der Waals surface area contributed by atoms with E-state index >= 15 is 0 Å². The molecule has 1 aromatic rings. The van der Waals surface area contributed by atoms with E-state index in [-0.39, 0.29) is 0 Å². The van der Waals surface area contributed by atoms with E-state index in [1.807, 2.05) is 0 Å². The van der Waals surface area contributed by atoms with Gasteiger partial charge >= 0.3 is 0 Å². The molecule has 5 heteroatoms. The molecule has 150 valence electrons. The number of anilines is 1. The summed E-state index contributed by atoms with van der Waals surface area (Å²) in [6, 6.07) is 8.86. The zero-order valence-corrected chi connectivity index (χ0v) is 17.0. The molecule has 0 radical (unpaired) electrons. The third kappa shape index (κ3) is 5.61. The summed E-state index contributed by atoms with van der Waals surface area (Å²) < 4.78 is 0. The molecular formula is C22H36N4O. The lowest BCUT2D eigenvalue weighted by molar-refractivity contribution is 0.203. The largest absolute Gasteiger partial charge is 0.396 e. The minimum atomic E-state index is 0.328. The Hall–Kier alpha value is -1.75. The van der Waals surface area contributed by atoms with Crippen LogP contribution in [0.25, 0.3) is 0 Å². The summed E-state index contributed by atoms with van der Waals surface area (Å²) in [5.74, 6) is 2.37. The number of piperidine rings is 2. The van der Waals surface area contributed by atoms with E-state index in [2.05, 4.69) is 53.2 Å². The van der Waals surface area contributed by atoms with Crippen molar-refractivity contribution < 1.29 is 5.11 Å². The van der Waals surface area contributed by atoms with Gasteiger partial charge in [0.05, 0.1) is 6.54 Å². The quantitative estimate of drug-likeness (QED) is 0.616. The Morgan fingerprint density at radius 1 is 1.07 bits per heavy atom. The molecule has 0 aliphatic carbocycles. The molecule has 0 unspecified atom stereocenters. The number of rotatable bonds is 5. The number of guanidine groups is 1. The fourth-order valence-corrected chi connectivity index (χ4v) is 4.00. The standard InChI is InChI=1S/C22H36N4O/c1-3-23-22(26-12-8-18(2)9-13-26)24-16-19-4-6-21(7-5-19)25-14-10-20(17-27)11-15-25/h4-7,18,20,27H,3,8-17H2,1-2H3,(H,23,24). The lowest BCUT2D eigenvalue weighted by Gasteiger charge is -2.33. The van der Waals surface area contributed by atoms with Gasteiger partial charge in [0.1, 0.15) is 0 Å². The second-order valence-corrected chi connectivity index (χ2v) is 8.12. The number of aliphatic hydroxyl groups is 1. The molecule has 0 saturated carbocycles. The van der Waals surface area contributed by atoms with Crippen molar-refractivity contribution in [1.29, 1.82) is 0 Å². The summed E-state index contributed by atoms with van der Waals surface area (Å²) in [5.41, 5.74) is 2.54. The van der Waals surface area contributed by atoms with Crippen LogP contribution in [0.15, 0.2) is 29.3 Å². The summed E-state index contributed by atoms with van der Waals surface area (Å²) >= 11 is 0. The van der Waals surface area contributed by atoms with Crippen LogP contribution in [0.5, 0.6) is 0 Å². The first-order chi connectivity index (χ1) is 13.2. The van der Waals surface area contributed by atoms with Crippen molar-refractivity contribution >= 4 is 11.6 Å². The lowest BCUT2D eigenvalue weighted by atomic mass is 9.97. The van der Waals surface area contributed by atoms with Crippen LogP contribution < -0.4 is 10.2 Å². The summed E-state index contributed by atoms with van der Waals surface area (Å²) in [6.45, 7) is 10.7. The highest BCUT2D eigenvalue weighted by atomic mass is 16.3. The van der Waals surface area contributed by atoms with E-state index in [4.69, 9.17) is 4.99 Å². The first-order valence-electron chi connectivity index (χ1n) is 10.7. The number of aliphatic hydroxyl groups excluding tert-OH is 1. The van der Waals surface area contributed by atoms with Crippen molar-refractivity contribution in [2.24, 2.45) is 16.8 Å². The summed E-state index contributed by atoms with van der Waals surface area (Å²) in [6.07, 6.45) is 4.68. The zero-order valence-electron chi connectivity index (χ0n) is 17.0. The molecule has 2 N–H and O–H groups in total. The molecule has 0 bridgehead atoms. The van der Waals surface area contributed by atoms with Gasteiger partial charge in [0.15, 0.2) is 5.96 Å². The maximum atomic E-state index is 9.29. The molecule has 2 aliphatic heterocycles. The predicted octanol–water partition coefficient (Wildman–Crippen LogP) is 3.09. The van der Waals surface area contributed by atoms with Gasteiger partial charge in [0, 0.05) is 45.0 Å². The van der Waals surface area contributed by atoms with E-state index in [0.29, 0.717) is 12.5 Å². The van der Waals surface area contributed by atoms with Crippen LogP contribution in [-0.4, -0.2) is 55.3 Å². The fourth-order valence-electron chi connectivity index (χ4n) is 4.00. The van der Waals surface area contributed by atoms with Gasteiger partial charge in [-0.25, -0.2) is 4.99 Å². The minimum absolute atomic E-state index is 0.328. The monoisotopic (exact) mass is 372 g/mol. The Kier molecular flexibility index (Phi) is 7.39. The summed E-state index contributed by atoms with van der Waals surface area (Å²) in [5, 5.41) is 12.8. The summed E-state index contributed by atoms with van der Waals surface area (Å²) in [7, 11) is 0.